The van der Waals surface area contributed by atoms with Crippen LogP contribution in [0.2, 0.25) is 10.0 Å². The highest BCUT2D eigenvalue weighted by atomic mass is 35.5. The molecule has 2 aromatic heterocycles. The van der Waals surface area contributed by atoms with Gasteiger partial charge in [0.2, 0.25) is 0 Å². The molecule has 2 N–H and O–H groups in total. The first-order chi connectivity index (χ1) is 11.5. The lowest BCUT2D eigenvalue weighted by molar-refractivity contribution is 0.292. The van der Waals surface area contributed by atoms with E-state index in [0.717, 1.165) is 42.2 Å². The van der Waals surface area contributed by atoms with Crippen LogP contribution in [0.25, 0.3) is 16.9 Å². The number of anilines is 1. The average molecular weight is 363 g/mol. The fraction of sp³-hybridized carbons (Fsp3) is 0.278. The molecular weight excluding hydrogens is 343 g/mol. The monoisotopic (exact) mass is 362 g/mol. The molecule has 0 bridgehead atoms. The predicted molar refractivity (Wildman–Crippen MR) is 102 cm³/mol. The largest absolute Gasteiger partial charge is 0.398 e. The van der Waals surface area contributed by atoms with Gasteiger partial charge in [0.05, 0.1) is 16.4 Å². The number of pyridine rings is 1. The molecule has 0 amide bonds. The molecule has 4 nitrogen and oxygen atoms in total. The van der Waals surface area contributed by atoms with Crippen LogP contribution in [0.4, 0.5) is 5.69 Å². The maximum atomic E-state index is 6.43. The molecule has 0 fully saturated rings. The molecule has 0 radical (unpaired) electrons. The number of hydrogen-bond acceptors (Lipinski definition) is 3. The van der Waals surface area contributed by atoms with Crippen LogP contribution in [0, 0.1) is 0 Å². The van der Waals surface area contributed by atoms with Crippen LogP contribution >= 0.6 is 23.2 Å². The summed E-state index contributed by atoms with van der Waals surface area (Å²) in [6.07, 6.45) is 1.91. The molecule has 3 rings (SSSR count). The Kier molecular flexibility index (Phi) is 4.99. The van der Waals surface area contributed by atoms with Crippen molar-refractivity contribution in [2.24, 2.45) is 0 Å². The second-order valence-corrected chi connectivity index (χ2v) is 6.53. The molecule has 126 valence electrons. The molecule has 0 spiro atoms. The van der Waals surface area contributed by atoms with Gasteiger partial charge >= 0.3 is 0 Å². The Morgan fingerprint density at radius 2 is 1.88 bits per heavy atom. The van der Waals surface area contributed by atoms with Crippen LogP contribution in [-0.4, -0.2) is 27.4 Å². The third-order valence-corrected chi connectivity index (χ3v) is 4.74. The van der Waals surface area contributed by atoms with Crippen LogP contribution in [0.15, 0.2) is 36.5 Å². The molecule has 2 heterocycles. The Hall–Kier alpha value is -1.75. The minimum absolute atomic E-state index is 0.597. The zero-order valence-corrected chi connectivity index (χ0v) is 15.3. The predicted octanol–water partition coefficient (Wildman–Crippen LogP) is 4.73. The summed E-state index contributed by atoms with van der Waals surface area (Å²) in [5.41, 5.74) is 10.4. The molecule has 6 heteroatoms. The number of hydrogen-bond donors (Lipinski definition) is 1. The van der Waals surface area contributed by atoms with Crippen molar-refractivity contribution in [3.63, 3.8) is 0 Å². The van der Waals surface area contributed by atoms with Crippen LogP contribution < -0.4 is 5.73 Å². The number of imidazole rings is 1. The molecule has 3 aromatic rings. The van der Waals surface area contributed by atoms with Gasteiger partial charge < -0.3 is 10.1 Å². The third-order valence-electron chi connectivity index (χ3n) is 4.19. The molecule has 0 aliphatic heterocycles. The molecule has 0 saturated heterocycles. The first-order valence-corrected chi connectivity index (χ1v) is 8.73. The van der Waals surface area contributed by atoms with Crippen LogP contribution in [-0.2, 0) is 6.54 Å². The Bertz CT molecular complexity index is 869. The standard InChI is InChI=1S/C18H20Cl2N4/c1-3-23(4-2)11-16-18(14-7-5-12(19)9-15(14)20)22-17-8-6-13(21)10-24(16)17/h5-10H,3-4,11,21H2,1-2H3. The lowest BCUT2D eigenvalue weighted by Gasteiger charge is -2.19. The Morgan fingerprint density at radius 1 is 1.12 bits per heavy atom. The summed E-state index contributed by atoms with van der Waals surface area (Å²) in [6.45, 7) is 6.98. The minimum atomic E-state index is 0.597. The Morgan fingerprint density at radius 3 is 2.54 bits per heavy atom. The van der Waals surface area contributed by atoms with Crippen molar-refractivity contribution in [1.82, 2.24) is 14.3 Å². The molecule has 1 aromatic carbocycles. The summed E-state index contributed by atoms with van der Waals surface area (Å²) in [5, 5.41) is 1.21. The van der Waals surface area contributed by atoms with E-state index in [-0.39, 0.29) is 0 Å². The number of fused-ring (bicyclic) bond motifs is 1. The Balaban J connectivity index is 2.22. The van der Waals surface area contributed by atoms with E-state index in [9.17, 15) is 0 Å². The van der Waals surface area contributed by atoms with E-state index in [1.54, 1.807) is 6.07 Å². The number of halogens is 2. The summed E-state index contributed by atoms with van der Waals surface area (Å²) in [4.78, 5) is 7.12. The minimum Gasteiger partial charge on any atom is -0.398 e. The van der Waals surface area contributed by atoms with Gasteiger partial charge in [-0.3, -0.25) is 4.90 Å². The van der Waals surface area contributed by atoms with Crippen LogP contribution in [0.5, 0.6) is 0 Å². The van der Waals surface area contributed by atoms with Gasteiger partial charge in [0.15, 0.2) is 0 Å². The quantitative estimate of drug-likeness (QED) is 0.713. The summed E-state index contributed by atoms with van der Waals surface area (Å²) in [5.74, 6) is 0. The number of benzene rings is 1. The second kappa shape index (κ2) is 7.01. The van der Waals surface area contributed by atoms with Gasteiger partial charge in [-0.05, 0) is 43.4 Å². The zero-order chi connectivity index (χ0) is 17.3. The van der Waals surface area contributed by atoms with E-state index < -0.39 is 0 Å². The third kappa shape index (κ3) is 3.22. The van der Waals surface area contributed by atoms with E-state index in [0.29, 0.717) is 15.7 Å². The van der Waals surface area contributed by atoms with Gasteiger partial charge in [-0.15, -0.1) is 0 Å². The van der Waals surface area contributed by atoms with Crippen molar-refractivity contribution >= 4 is 34.5 Å². The topological polar surface area (TPSA) is 46.6 Å². The SMILES string of the molecule is CCN(CC)Cc1c(-c2ccc(Cl)cc2Cl)nc2ccc(N)cn12. The van der Waals surface area contributed by atoms with Gasteiger partial charge in [-0.1, -0.05) is 37.0 Å². The van der Waals surface area contributed by atoms with Gasteiger partial charge in [0.25, 0.3) is 0 Å². The van der Waals surface area contributed by atoms with Gasteiger partial charge in [0, 0.05) is 29.0 Å². The smallest absolute Gasteiger partial charge is 0.137 e. The second-order valence-electron chi connectivity index (χ2n) is 5.68. The van der Waals surface area contributed by atoms with Crippen LogP contribution in [0.1, 0.15) is 19.5 Å². The maximum absolute atomic E-state index is 6.43. The van der Waals surface area contributed by atoms with Gasteiger partial charge in [-0.2, -0.15) is 0 Å². The fourth-order valence-corrected chi connectivity index (χ4v) is 3.32. The van der Waals surface area contributed by atoms with Crippen molar-refractivity contribution in [3.8, 4) is 11.3 Å². The normalized spacial score (nSPS) is 11.5. The van der Waals surface area contributed by atoms with E-state index in [4.69, 9.17) is 33.9 Å². The number of aromatic nitrogens is 2. The molecule has 0 unspecified atom stereocenters. The first kappa shape index (κ1) is 17.1. The van der Waals surface area contributed by atoms with Crippen molar-refractivity contribution in [3.05, 3.63) is 52.3 Å². The van der Waals surface area contributed by atoms with Gasteiger partial charge in [-0.25, -0.2) is 4.98 Å². The van der Waals surface area contributed by atoms with Crippen molar-refractivity contribution in [2.45, 2.75) is 20.4 Å². The lowest BCUT2D eigenvalue weighted by atomic mass is 10.1. The molecule has 0 aliphatic carbocycles. The number of nitrogens with two attached hydrogens (primary N) is 1. The van der Waals surface area contributed by atoms with Gasteiger partial charge in [0.1, 0.15) is 5.65 Å². The maximum Gasteiger partial charge on any atom is 0.137 e. The van der Waals surface area contributed by atoms with Crippen LogP contribution in [0.3, 0.4) is 0 Å². The fourth-order valence-electron chi connectivity index (χ4n) is 2.82. The number of nitrogen functional groups attached to an aromatic ring is 1. The van der Waals surface area contributed by atoms with E-state index >= 15 is 0 Å². The highest BCUT2D eigenvalue weighted by molar-refractivity contribution is 6.36. The summed E-state index contributed by atoms with van der Waals surface area (Å²) in [6, 6.07) is 9.28. The summed E-state index contributed by atoms with van der Waals surface area (Å²) < 4.78 is 2.05. The van der Waals surface area contributed by atoms with E-state index in [2.05, 4.69) is 18.7 Å². The van der Waals surface area contributed by atoms with Crippen molar-refractivity contribution in [2.75, 3.05) is 18.8 Å². The number of rotatable bonds is 5. The molecule has 0 atom stereocenters. The van der Waals surface area contributed by atoms with E-state index in [1.165, 1.54) is 0 Å². The lowest BCUT2D eigenvalue weighted by Crippen LogP contribution is -2.23. The highest BCUT2D eigenvalue weighted by Gasteiger charge is 2.18. The Labute approximate surface area is 151 Å². The highest BCUT2D eigenvalue weighted by Crippen LogP contribution is 2.33. The first-order valence-electron chi connectivity index (χ1n) is 7.97. The molecule has 24 heavy (non-hydrogen) atoms. The van der Waals surface area contributed by atoms with Crippen molar-refractivity contribution in [1.29, 1.82) is 0 Å². The summed E-state index contributed by atoms with van der Waals surface area (Å²) in [7, 11) is 0. The molecule has 0 saturated carbocycles. The number of nitrogens with zero attached hydrogens (tertiary/aromatic N) is 3. The summed E-state index contributed by atoms with van der Waals surface area (Å²) >= 11 is 12.5. The van der Waals surface area contributed by atoms with Crippen molar-refractivity contribution < 1.29 is 0 Å². The van der Waals surface area contributed by atoms with E-state index in [1.807, 2.05) is 34.9 Å². The average Bonchev–Trinajstić information content (AvgIpc) is 2.90. The zero-order valence-electron chi connectivity index (χ0n) is 13.8. The molecular formula is C18H20Cl2N4. The molecule has 0 aliphatic rings.